The number of nitrogens with one attached hydrogen (secondary N) is 1. The predicted octanol–water partition coefficient (Wildman–Crippen LogP) is 1.65. The van der Waals surface area contributed by atoms with Crippen molar-refractivity contribution in [1.82, 2.24) is 10.4 Å². The van der Waals surface area contributed by atoms with Crippen molar-refractivity contribution in [2.75, 3.05) is 13.2 Å². The highest BCUT2D eigenvalue weighted by molar-refractivity contribution is 9.10. The van der Waals surface area contributed by atoms with E-state index in [1.165, 1.54) is 0 Å². The van der Waals surface area contributed by atoms with Gasteiger partial charge in [0.1, 0.15) is 0 Å². The smallest absolute Gasteiger partial charge is 0.0469 e. The lowest BCUT2D eigenvalue weighted by Gasteiger charge is -2.29. The number of pyridine rings is 1. The van der Waals surface area contributed by atoms with Gasteiger partial charge in [0, 0.05) is 42.0 Å². The first kappa shape index (κ1) is 13.0. The van der Waals surface area contributed by atoms with Crippen molar-refractivity contribution in [2.24, 2.45) is 11.8 Å². The van der Waals surface area contributed by atoms with Crippen LogP contribution in [0.4, 0.5) is 0 Å². The maximum absolute atomic E-state index is 5.65. The number of nitrogens with zero attached hydrogens (tertiary/aromatic N) is 1. The molecule has 1 unspecified atom stereocenters. The zero-order valence-electron chi connectivity index (χ0n) is 9.73. The molecule has 0 spiro atoms. The van der Waals surface area contributed by atoms with E-state index in [0.29, 0.717) is 5.92 Å². The molecule has 1 aliphatic rings. The van der Waals surface area contributed by atoms with Crippen LogP contribution in [0.1, 0.15) is 18.5 Å². The molecule has 0 bridgehead atoms. The maximum Gasteiger partial charge on any atom is 0.0469 e. The molecule has 0 aromatic carbocycles. The van der Waals surface area contributed by atoms with Gasteiger partial charge < -0.3 is 4.74 Å². The van der Waals surface area contributed by atoms with E-state index in [2.05, 4.69) is 26.3 Å². The second kappa shape index (κ2) is 6.44. The van der Waals surface area contributed by atoms with Crippen LogP contribution in [0.5, 0.6) is 0 Å². The van der Waals surface area contributed by atoms with Gasteiger partial charge in [0.25, 0.3) is 0 Å². The summed E-state index contributed by atoms with van der Waals surface area (Å²) in [7, 11) is 0. The SMILES string of the molecule is NNC(Cc1ccc(Br)cn1)C1CCOCC1. The summed E-state index contributed by atoms with van der Waals surface area (Å²) in [6, 6.07) is 4.33. The van der Waals surface area contributed by atoms with E-state index in [1.807, 2.05) is 18.3 Å². The molecular weight excluding hydrogens is 282 g/mol. The topological polar surface area (TPSA) is 60.2 Å². The van der Waals surface area contributed by atoms with Crippen molar-refractivity contribution < 1.29 is 4.74 Å². The lowest BCUT2D eigenvalue weighted by Crippen LogP contribution is -2.44. The highest BCUT2D eigenvalue weighted by Gasteiger charge is 2.23. The van der Waals surface area contributed by atoms with Crippen LogP contribution in [0.15, 0.2) is 22.8 Å². The number of aromatic nitrogens is 1. The Labute approximate surface area is 110 Å². The van der Waals surface area contributed by atoms with Crippen LogP contribution in [-0.2, 0) is 11.2 Å². The Morgan fingerprint density at radius 3 is 2.82 bits per heavy atom. The molecule has 3 N–H and O–H groups in total. The minimum absolute atomic E-state index is 0.285. The number of nitrogens with two attached hydrogens (primary N) is 1. The summed E-state index contributed by atoms with van der Waals surface area (Å²) in [4.78, 5) is 4.39. The van der Waals surface area contributed by atoms with Gasteiger partial charge in [-0.2, -0.15) is 0 Å². The van der Waals surface area contributed by atoms with Gasteiger partial charge in [-0.15, -0.1) is 0 Å². The van der Waals surface area contributed by atoms with E-state index in [-0.39, 0.29) is 6.04 Å². The predicted molar refractivity (Wildman–Crippen MR) is 70.3 cm³/mol. The largest absolute Gasteiger partial charge is 0.381 e. The third-order valence-corrected chi connectivity index (χ3v) is 3.74. The minimum atomic E-state index is 0.285. The zero-order valence-corrected chi connectivity index (χ0v) is 11.3. The number of halogens is 1. The fraction of sp³-hybridized carbons (Fsp3) is 0.583. The molecule has 94 valence electrons. The summed E-state index contributed by atoms with van der Waals surface area (Å²) in [5.74, 6) is 6.24. The maximum atomic E-state index is 5.65. The number of hydrogen-bond acceptors (Lipinski definition) is 4. The van der Waals surface area contributed by atoms with Gasteiger partial charge in [-0.3, -0.25) is 16.3 Å². The zero-order chi connectivity index (χ0) is 12.1. The van der Waals surface area contributed by atoms with Crippen LogP contribution < -0.4 is 11.3 Å². The normalized spacial score (nSPS) is 19.2. The van der Waals surface area contributed by atoms with Crippen LogP contribution in [0.3, 0.4) is 0 Å². The van der Waals surface area contributed by atoms with E-state index in [0.717, 1.165) is 42.6 Å². The Kier molecular flexibility index (Phi) is 4.91. The van der Waals surface area contributed by atoms with Crippen molar-refractivity contribution in [3.63, 3.8) is 0 Å². The van der Waals surface area contributed by atoms with Gasteiger partial charge in [0.15, 0.2) is 0 Å². The number of ether oxygens (including phenoxy) is 1. The van der Waals surface area contributed by atoms with Gasteiger partial charge in [-0.1, -0.05) is 0 Å². The molecule has 1 atom stereocenters. The molecule has 1 aliphatic heterocycles. The molecule has 1 aromatic rings. The van der Waals surface area contributed by atoms with Gasteiger partial charge in [-0.05, 0) is 46.8 Å². The second-order valence-electron chi connectivity index (χ2n) is 4.39. The van der Waals surface area contributed by atoms with Crippen molar-refractivity contribution >= 4 is 15.9 Å². The lowest BCUT2D eigenvalue weighted by molar-refractivity contribution is 0.0536. The first-order valence-electron chi connectivity index (χ1n) is 5.94. The molecule has 2 rings (SSSR count). The van der Waals surface area contributed by atoms with Crippen LogP contribution in [-0.4, -0.2) is 24.2 Å². The summed E-state index contributed by atoms with van der Waals surface area (Å²) >= 11 is 3.39. The Morgan fingerprint density at radius 2 is 2.24 bits per heavy atom. The van der Waals surface area contributed by atoms with Gasteiger partial charge in [-0.25, -0.2) is 0 Å². The van der Waals surface area contributed by atoms with Gasteiger partial charge >= 0.3 is 0 Å². The first-order valence-corrected chi connectivity index (χ1v) is 6.73. The minimum Gasteiger partial charge on any atom is -0.381 e. The standard InChI is InChI=1S/C12H18BrN3O/c13-10-1-2-11(15-8-10)7-12(16-14)9-3-5-17-6-4-9/h1-2,8-9,12,16H,3-7,14H2. The molecule has 0 aliphatic carbocycles. The third kappa shape index (κ3) is 3.74. The van der Waals surface area contributed by atoms with Crippen molar-refractivity contribution in [2.45, 2.75) is 25.3 Å². The average molecular weight is 300 g/mol. The first-order chi connectivity index (χ1) is 8.29. The molecule has 0 saturated carbocycles. The van der Waals surface area contributed by atoms with Crippen LogP contribution >= 0.6 is 15.9 Å². The molecule has 2 heterocycles. The number of rotatable bonds is 4. The summed E-state index contributed by atoms with van der Waals surface area (Å²) in [6.45, 7) is 1.69. The van der Waals surface area contributed by atoms with Gasteiger partial charge in [0.2, 0.25) is 0 Å². The number of hydrazine groups is 1. The van der Waals surface area contributed by atoms with E-state index in [9.17, 15) is 0 Å². The molecule has 4 nitrogen and oxygen atoms in total. The molecule has 0 amide bonds. The molecule has 1 aromatic heterocycles. The highest BCUT2D eigenvalue weighted by atomic mass is 79.9. The average Bonchev–Trinajstić information content (AvgIpc) is 2.39. The summed E-state index contributed by atoms with van der Waals surface area (Å²) in [5.41, 5.74) is 4.00. The summed E-state index contributed by atoms with van der Waals surface area (Å²) < 4.78 is 6.37. The highest BCUT2D eigenvalue weighted by Crippen LogP contribution is 2.21. The fourth-order valence-electron chi connectivity index (χ4n) is 2.23. The third-order valence-electron chi connectivity index (χ3n) is 3.27. The lowest BCUT2D eigenvalue weighted by atomic mass is 9.89. The molecular formula is C12H18BrN3O. The van der Waals surface area contributed by atoms with Gasteiger partial charge in [0.05, 0.1) is 0 Å². The fourth-order valence-corrected chi connectivity index (χ4v) is 2.47. The Hall–Kier alpha value is -0.490. The van der Waals surface area contributed by atoms with E-state index >= 15 is 0 Å². The van der Waals surface area contributed by atoms with E-state index in [1.54, 1.807) is 0 Å². The molecule has 0 radical (unpaired) electrons. The van der Waals surface area contributed by atoms with Crippen molar-refractivity contribution in [3.05, 3.63) is 28.5 Å². The Morgan fingerprint density at radius 1 is 1.47 bits per heavy atom. The van der Waals surface area contributed by atoms with Crippen molar-refractivity contribution in [3.8, 4) is 0 Å². The van der Waals surface area contributed by atoms with Crippen LogP contribution in [0.25, 0.3) is 0 Å². The molecule has 1 saturated heterocycles. The summed E-state index contributed by atoms with van der Waals surface area (Å²) in [5, 5.41) is 0. The van der Waals surface area contributed by atoms with Crippen LogP contribution in [0, 0.1) is 5.92 Å². The van der Waals surface area contributed by atoms with E-state index in [4.69, 9.17) is 10.6 Å². The summed E-state index contributed by atoms with van der Waals surface area (Å²) in [6.07, 6.45) is 4.85. The molecule has 5 heteroatoms. The van der Waals surface area contributed by atoms with Crippen molar-refractivity contribution in [1.29, 1.82) is 0 Å². The molecule has 17 heavy (non-hydrogen) atoms. The number of hydrogen-bond donors (Lipinski definition) is 2. The monoisotopic (exact) mass is 299 g/mol. The van der Waals surface area contributed by atoms with E-state index < -0.39 is 0 Å². The quantitative estimate of drug-likeness (QED) is 0.655. The van der Waals surface area contributed by atoms with Crippen LogP contribution in [0.2, 0.25) is 0 Å². The molecule has 1 fully saturated rings. The Bertz CT molecular complexity index is 338. The second-order valence-corrected chi connectivity index (χ2v) is 5.31. The Balaban J connectivity index is 1.96.